The molecule has 0 bridgehead atoms. The third kappa shape index (κ3) is 4.20. The maximum atomic E-state index is 14.3. The Balaban J connectivity index is 1.72. The van der Waals surface area contributed by atoms with Crippen LogP contribution in [-0.2, 0) is 6.54 Å². The number of hydrogen-bond donors (Lipinski definition) is 2. The van der Waals surface area contributed by atoms with E-state index in [1.807, 2.05) is 6.07 Å². The molecule has 140 valence electrons. The number of aliphatic hydroxyl groups is 1. The monoisotopic (exact) mass is 361 g/mol. The van der Waals surface area contributed by atoms with Crippen molar-refractivity contribution in [1.29, 1.82) is 0 Å². The molecule has 1 fully saturated rings. The predicted octanol–water partition coefficient (Wildman–Crippen LogP) is 1.28. The van der Waals surface area contributed by atoms with Gasteiger partial charge in [-0.05, 0) is 18.6 Å². The van der Waals surface area contributed by atoms with Crippen LogP contribution >= 0.6 is 0 Å². The van der Waals surface area contributed by atoms with E-state index in [0.717, 1.165) is 18.9 Å². The lowest BCUT2D eigenvalue weighted by Crippen LogP contribution is -2.53. The normalized spacial score (nSPS) is 18.1. The Labute approximate surface area is 152 Å². The molecule has 0 unspecified atom stereocenters. The summed E-state index contributed by atoms with van der Waals surface area (Å²) in [6.07, 6.45) is 2.24. The number of methoxy groups -OCH3 is 1. The molecule has 1 aliphatic rings. The first kappa shape index (κ1) is 18.3. The zero-order valence-corrected chi connectivity index (χ0v) is 14.8. The standard InChI is InChI=1S/C18H24FN5O2/c1-26-15-3-2-13(16(19)10-15)11-23-7-8-24(12-14(23)5-9-25)17-4-6-21-18(20)22-17/h2-4,6,10,14,25H,5,7-9,11-12H2,1H3,(H2,20,21,22)/t14-/m1/s1. The average Bonchev–Trinajstić information content (AvgIpc) is 2.64. The highest BCUT2D eigenvalue weighted by atomic mass is 19.1. The minimum absolute atomic E-state index is 0.0754. The van der Waals surface area contributed by atoms with Gasteiger partial charge in [-0.1, -0.05) is 6.07 Å². The fourth-order valence-electron chi connectivity index (χ4n) is 3.27. The summed E-state index contributed by atoms with van der Waals surface area (Å²) in [6, 6.07) is 6.83. The van der Waals surface area contributed by atoms with Gasteiger partial charge in [-0.3, -0.25) is 4.90 Å². The number of piperazine rings is 1. The molecule has 2 heterocycles. The smallest absolute Gasteiger partial charge is 0.221 e. The zero-order chi connectivity index (χ0) is 18.5. The third-order valence-corrected chi connectivity index (χ3v) is 4.68. The van der Waals surface area contributed by atoms with Gasteiger partial charge in [0.05, 0.1) is 7.11 Å². The predicted molar refractivity (Wildman–Crippen MR) is 97.5 cm³/mol. The highest BCUT2D eigenvalue weighted by Gasteiger charge is 2.28. The molecule has 2 aromatic rings. The van der Waals surface area contributed by atoms with Crippen molar-refractivity contribution in [2.24, 2.45) is 0 Å². The minimum Gasteiger partial charge on any atom is -0.497 e. The summed E-state index contributed by atoms with van der Waals surface area (Å²) in [4.78, 5) is 12.5. The molecule has 1 aliphatic heterocycles. The fourth-order valence-corrected chi connectivity index (χ4v) is 3.27. The molecular weight excluding hydrogens is 337 g/mol. The summed E-state index contributed by atoms with van der Waals surface area (Å²) in [6.45, 7) is 2.73. The number of anilines is 2. The third-order valence-electron chi connectivity index (χ3n) is 4.68. The lowest BCUT2D eigenvalue weighted by molar-refractivity contribution is 0.134. The molecule has 0 saturated carbocycles. The van der Waals surface area contributed by atoms with Crippen LogP contribution in [0.5, 0.6) is 5.75 Å². The average molecular weight is 361 g/mol. The first-order chi connectivity index (χ1) is 12.6. The Kier molecular flexibility index (Phi) is 5.85. The van der Waals surface area contributed by atoms with E-state index >= 15 is 0 Å². The van der Waals surface area contributed by atoms with Crippen molar-refractivity contribution < 1.29 is 14.2 Å². The van der Waals surface area contributed by atoms with Crippen molar-refractivity contribution >= 4 is 11.8 Å². The number of benzene rings is 1. The maximum Gasteiger partial charge on any atom is 0.221 e. The van der Waals surface area contributed by atoms with Gasteiger partial charge in [-0.15, -0.1) is 0 Å². The van der Waals surface area contributed by atoms with Crippen molar-refractivity contribution in [3.05, 3.63) is 41.8 Å². The first-order valence-corrected chi connectivity index (χ1v) is 8.61. The van der Waals surface area contributed by atoms with Crippen LogP contribution in [0.4, 0.5) is 16.2 Å². The second-order valence-electron chi connectivity index (χ2n) is 6.31. The number of nitrogen functional groups attached to an aromatic ring is 1. The Morgan fingerprint density at radius 1 is 1.35 bits per heavy atom. The van der Waals surface area contributed by atoms with Gasteiger partial charge in [-0.2, -0.15) is 4.98 Å². The summed E-state index contributed by atoms with van der Waals surface area (Å²) >= 11 is 0. The number of aromatic nitrogens is 2. The van der Waals surface area contributed by atoms with E-state index < -0.39 is 0 Å². The number of hydrogen-bond acceptors (Lipinski definition) is 7. The summed E-state index contributed by atoms with van der Waals surface area (Å²) in [5.41, 5.74) is 6.30. The molecule has 26 heavy (non-hydrogen) atoms. The van der Waals surface area contributed by atoms with Crippen molar-refractivity contribution in [3.63, 3.8) is 0 Å². The van der Waals surface area contributed by atoms with E-state index in [4.69, 9.17) is 10.5 Å². The van der Waals surface area contributed by atoms with Gasteiger partial charge in [0.1, 0.15) is 17.4 Å². The Morgan fingerprint density at radius 2 is 2.19 bits per heavy atom. The quantitative estimate of drug-likeness (QED) is 0.801. The van der Waals surface area contributed by atoms with Crippen molar-refractivity contribution in [2.75, 3.05) is 44.0 Å². The van der Waals surface area contributed by atoms with E-state index in [0.29, 0.717) is 30.8 Å². The number of nitrogens with zero attached hydrogens (tertiary/aromatic N) is 4. The largest absolute Gasteiger partial charge is 0.497 e. The summed E-state index contributed by atoms with van der Waals surface area (Å²) < 4.78 is 19.4. The fraction of sp³-hybridized carbons (Fsp3) is 0.444. The Bertz CT molecular complexity index is 745. The molecule has 1 atom stereocenters. The van der Waals surface area contributed by atoms with Crippen LogP contribution in [0.25, 0.3) is 0 Å². The van der Waals surface area contributed by atoms with Gasteiger partial charge in [0.2, 0.25) is 5.95 Å². The first-order valence-electron chi connectivity index (χ1n) is 8.61. The second-order valence-corrected chi connectivity index (χ2v) is 6.31. The molecule has 0 aliphatic carbocycles. The van der Waals surface area contributed by atoms with Gasteiger partial charge in [-0.25, -0.2) is 9.37 Å². The van der Waals surface area contributed by atoms with Crippen LogP contribution < -0.4 is 15.4 Å². The molecule has 3 rings (SSSR count). The van der Waals surface area contributed by atoms with E-state index in [2.05, 4.69) is 19.8 Å². The lowest BCUT2D eigenvalue weighted by Gasteiger charge is -2.42. The van der Waals surface area contributed by atoms with Gasteiger partial charge in [0.25, 0.3) is 0 Å². The molecule has 8 heteroatoms. The van der Waals surface area contributed by atoms with E-state index in [1.54, 1.807) is 18.3 Å². The highest BCUT2D eigenvalue weighted by Crippen LogP contribution is 2.23. The van der Waals surface area contributed by atoms with Gasteiger partial charge in [0, 0.05) is 56.7 Å². The van der Waals surface area contributed by atoms with Crippen molar-refractivity contribution in [2.45, 2.75) is 19.0 Å². The van der Waals surface area contributed by atoms with Gasteiger partial charge < -0.3 is 20.5 Å². The van der Waals surface area contributed by atoms with E-state index in [9.17, 15) is 9.50 Å². The molecule has 0 amide bonds. The summed E-state index contributed by atoms with van der Waals surface area (Å²) in [5, 5.41) is 9.44. The van der Waals surface area contributed by atoms with Gasteiger partial charge >= 0.3 is 0 Å². The number of ether oxygens (including phenoxy) is 1. The van der Waals surface area contributed by atoms with Crippen LogP contribution in [0.15, 0.2) is 30.5 Å². The van der Waals surface area contributed by atoms with Crippen LogP contribution in [0.2, 0.25) is 0 Å². The molecule has 1 aromatic heterocycles. The Morgan fingerprint density at radius 3 is 2.88 bits per heavy atom. The Hall–Kier alpha value is -2.45. The lowest BCUT2D eigenvalue weighted by atomic mass is 10.1. The van der Waals surface area contributed by atoms with Crippen LogP contribution in [-0.4, -0.2) is 59.4 Å². The van der Waals surface area contributed by atoms with Crippen LogP contribution in [0, 0.1) is 5.82 Å². The second kappa shape index (κ2) is 8.29. The van der Waals surface area contributed by atoms with Crippen LogP contribution in [0.3, 0.4) is 0 Å². The molecule has 1 aromatic carbocycles. The number of nitrogens with two attached hydrogens (primary N) is 1. The molecule has 0 spiro atoms. The molecule has 0 radical (unpaired) electrons. The molecule has 3 N–H and O–H groups in total. The summed E-state index contributed by atoms with van der Waals surface area (Å²) in [7, 11) is 1.52. The molecular formula is C18H24FN5O2. The summed E-state index contributed by atoms with van der Waals surface area (Å²) in [5.74, 6) is 1.24. The van der Waals surface area contributed by atoms with Crippen LogP contribution in [0.1, 0.15) is 12.0 Å². The minimum atomic E-state index is -0.280. The van der Waals surface area contributed by atoms with Gasteiger partial charge in [0.15, 0.2) is 0 Å². The number of aliphatic hydroxyl groups excluding tert-OH is 1. The number of rotatable bonds is 6. The number of halogens is 1. The maximum absolute atomic E-state index is 14.3. The molecule has 7 nitrogen and oxygen atoms in total. The van der Waals surface area contributed by atoms with E-state index in [1.165, 1.54) is 13.2 Å². The highest BCUT2D eigenvalue weighted by molar-refractivity contribution is 5.41. The van der Waals surface area contributed by atoms with Crippen molar-refractivity contribution in [1.82, 2.24) is 14.9 Å². The zero-order valence-electron chi connectivity index (χ0n) is 14.8. The van der Waals surface area contributed by atoms with Crippen molar-refractivity contribution in [3.8, 4) is 5.75 Å². The van der Waals surface area contributed by atoms with E-state index in [-0.39, 0.29) is 24.4 Å². The topological polar surface area (TPSA) is 87.7 Å². The SMILES string of the molecule is COc1ccc(CN2CCN(c3ccnc(N)n3)C[C@H]2CCO)c(F)c1. The molecule has 1 saturated heterocycles.